The molecule has 0 aromatic heterocycles. The van der Waals surface area contributed by atoms with Gasteiger partial charge in [-0.3, -0.25) is 19.3 Å². The number of carbonyl (C=O) groups is 3. The van der Waals surface area contributed by atoms with Crippen LogP contribution < -0.4 is 21.3 Å². The Bertz CT molecular complexity index is 1330. The Hall–Kier alpha value is -3.74. The van der Waals surface area contributed by atoms with E-state index in [1.54, 1.807) is 0 Å². The maximum atomic E-state index is 15.6. The number of nitrogens with zero attached hydrogens (tertiary/aromatic N) is 2. The fourth-order valence-corrected chi connectivity index (χ4v) is 5.26. The van der Waals surface area contributed by atoms with Gasteiger partial charge in [0.05, 0.1) is 22.9 Å². The van der Waals surface area contributed by atoms with Crippen LogP contribution in [0.1, 0.15) is 30.6 Å². The summed E-state index contributed by atoms with van der Waals surface area (Å²) in [4.78, 5) is 40.6. The number of halogens is 5. The number of nitrogens with two attached hydrogens (primary N) is 1. The van der Waals surface area contributed by atoms with Crippen molar-refractivity contribution in [3.63, 3.8) is 0 Å². The van der Waals surface area contributed by atoms with Gasteiger partial charge in [-0.1, -0.05) is 0 Å². The third kappa shape index (κ3) is 5.74. The summed E-state index contributed by atoms with van der Waals surface area (Å²) in [6, 6.07) is 3.44. The second-order valence-corrected chi connectivity index (χ2v) is 10.4. The molecule has 40 heavy (non-hydrogen) atoms. The van der Waals surface area contributed by atoms with Gasteiger partial charge in [0, 0.05) is 61.2 Å². The molecule has 0 saturated carbocycles. The molecule has 2 aromatic carbocycles. The molecule has 4 rings (SSSR count). The first-order chi connectivity index (χ1) is 18.8. The molecule has 4 atom stereocenters. The first-order valence-electron chi connectivity index (χ1n) is 12.7. The van der Waals surface area contributed by atoms with E-state index in [1.807, 2.05) is 25.8 Å². The molecule has 0 bridgehead atoms. The number of carbonyl (C=O) groups excluding carboxylic acids is 3. The van der Waals surface area contributed by atoms with Gasteiger partial charge in [0.15, 0.2) is 0 Å². The van der Waals surface area contributed by atoms with Crippen molar-refractivity contribution in [1.29, 1.82) is 0 Å². The van der Waals surface area contributed by atoms with Crippen LogP contribution in [-0.2, 0) is 9.59 Å². The fraction of sp³-hybridized carbons (Fsp3) is 0.444. The lowest BCUT2D eigenvalue weighted by Gasteiger charge is -2.44. The molecule has 2 saturated heterocycles. The van der Waals surface area contributed by atoms with Crippen molar-refractivity contribution >= 4 is 29.1 Å². The SMILES string of the molecule is C[C@@H]1CN(c2cc(F)c(-c3cc(C(N)=O)c(F)cc3F)cc2NC(=O)C2CNC(=O)CC2C(F)F)C[C@H](C)N1C. The molecule has 2 aliphatic heterocycles. The van der Waals surface area contributed by atoms with Crippen LogP contribution in [0.2, 0.25) is 0 Å². The smallest absolute Gasteiger partial charge is 0.251 e. The molecule has 0 aliphatic carbocycles. The van der Waals surface area contributed by atoms with Crippen molar-refractivity contribution in [3.8, 4) is 11.1 Å². The molecule has 0 spiro atoms. The minimum absolute atomic E-state index is 0.000352. The van der Waals surface area contributed by atoms with Crippen LogP contribution in [0.3, 0.4) is 0 Å². The second kappa shape index (κ2) is 11.4. The Kier molecular flexibility index (Phi) is 8.33. The van der Waals surface area contributed by atoms with E-state index in [2.05, 4.69) is 15.5 Å². The van der Waals surface area contributed by atoms with Gasteiger partial charge in [-0.25, -0.2) is 22.0 Å². The number of amides is 3. The summed E-state index contributed by atoms with van der Waals surface area (Å²) < 4.78 is 72.0. The molecule has 2 aliphatic rings. The zero-order valence-corrected chi connectivity index (χ0v) is 22.1. The maximum absolute atomic E-state index is 15.6. The Morgan fingerprint density at radius 3 is 2.20 bits per heavy atom. The van der Waals surface area contributed by atoms with E-state index in [4.69, 9.17) is 5.73 Å². The van der Waals surface area contributed by atoms with Gasteiger partial charge in [-0.05, 0) is 39.1 Å². The van der Waals surface area contributed by atoms with Crippen LogP contribution in [0.25, 0.3) is 11.1 Å². The Balaban J connectivity index is 1.81. The van der Waals surface area contributed by atoms with E-state index >= 15 is 4.39 Å². The number of hydrogen-bond donors (Lipinski definition) is 3. The van der Waals surface area contributed by atoms with Gasteiger partial charge < -0.3 is 21.3 Å². The Morgan fingerprint density at radius 1 is 1.00 bits per heavy atom. The lowest BCUT2D eigenvalue weighted by atomic mass is 9.85. The Labute approximate surface area is 227 Å². The summed E-state index contributed by atoms with van der Waals surface area (Å²) in [5.74, 6) is -8.78. The minimum Gasteiger partial charge on any atom is -0.367 e. The summed E-state index contributed by atoms with van der Waals surface area (Å²) in [5.41, 5.74) is 3.86. The van der Waals surface area contributed by atoms with Crippen molar-refractivity contribution in [3.05, 3.63) is 47.3 Å². The highest BCUT2D eigenvalue weighted by molar-refractivity contribution is 5.99. The van der Waals surface area contributed by atoms with Crippen molar-refractivity contribution in [2.45, 2.75) is 38.8 Å². The van der Waals surface area contributed by atoms with Crippen LogP contribution in [0.4, 0.5) is 33.3 Å². The molecule has 4 N–H and O–H groups in total. The molecule has 0 radical (unpaired) electrons. The lowest BCUT2D eigenvalue weighted by molar-refractivity contribution is -0.133. The lowest BCUT2D eigenvalue weighted by Crippen LogP contribution is -2.55. The predicted octanol–water partition coefficient (Wildman–Crippen LogP) is 3.35. The topological polar surface area (TPSA) is 108 Å². The zero-order valence-electron chi connectivity index (χ0n) is 22.1. The van der Waals surface area contributed by atoms with E-state index in [-0.39, 0.29) is 30.0 Å². The number of benzene rings is 2. The Morgan fingerprint density at radius 2 is 1.60 bits per heavy atom. The van der Waals surface area contributed by atoms with Gasteiger partial charge in [0.25, 0.3) is 5.91 Å². The number of rotatable bonds is 6. The predicted molar refractivity (Wildman–Crippen MR) is 138 cm³/mol. The van der Waals surface area contributed by atoms with E-state index in [9.17, 15) is 31.9 Å². The summed E-state index contributed by atoms with van der Waals surface area (Å²) in [6.45, 7) is 4.46. The zero-order chi connectivity index (χ0) is 29.5. The van der Waals surface area contributed by atoms with Gasteiger partial charge in [0.1, 0.15) is 17.5 Å². The number of anilines is 2. The third-order valence-electron chi connectivity index (χ3n) is 7.77. The first-order valence-corrected chi connectivity index (χ1v) is 12.7. The van der Waals surface area contributed by atoms with Crippen molar-refractivity contribution < 1.29 is 36.3 Å². The maximum Gasteiger partial charge on any atom is 0.251 e. The van der Waals surface area contributed by atoms with E-state index in [0.717, 1.165) is 18.2 Å². The number of likely N-dealkylation sites (N-methyl/N-ethyl adjacent to an activating group) is 1. The highest BCUT2D eigenvalue weighted by Gasteiger charge is 2.40. The number of piperazine rings is 1. The molecular weight excluding hydrogens is 537 g/mol. The molecule has 2 unspecified atom stereocenters. The molecule has 2 fully saturated rings. The van der Waals surface area contributed by atoms with Crippen LogP contribution in [0, 0.1) is 29.3 Å². The fourth-order valence-electron chi connectivity index (χ4n) is 5.26. The van der Waals surface area contributed by atoms with Gasteiger partial charge >= 0.3 is 0 Å². The molecule has 13 heteroatoms. The van der Waals surface area contributed by atoms with Gasteiger partial charge in [-0.15, -0.1) is 0 Å². The molecular formula is C27H30F5N5O3. The quantitative estimate of drug-likeness (QED) is 0.465. The summed E-state index contributed by atoms with van der Waals surface area (Å²) >= 11 is 0. The summed E-state index contributed by atoms with van der Waals surface area (Å²) in [5, 5.41) is 5.01. The number of alkyl halides is 2. The number of primary amides is 1. The molecule has 2 heterocycles. The number of nitrogens with one attached hydrogen (secondary N) is 2. The number of hydrogen-bond acceptors (Lipinski definition) is 5. The molecule has 2 aromatic rings. The highest BCUT2D eigenvalue weighted by Crippen LogP contribution is 2.38. The average Bonchev–Trinajstić information content (AvgIpc) is 2.87. The van der Waals surface area contributed by atoms with Crippen molar-refractivity contribution in [1.82, 2.24) is 10.2 Å². The van der Waals surface area contributed by atoms with Gasteiger partial charge in [-0.2, -0.15) is 0 Å². The normalized spacial score (nSPS) is 23.7. The standard InChI is InChI=1S/C27H30F5N5O3/c1-12-10-37(11-13(2)36(12)3)23-8-21(30)15(14-4-17(26(33)39)20(29)7-19(14)28)5-22(23)35-27(40)18-9-34-24(38)6-16(18)25(31)32/h4-5,7-8,12-13,16,18,25H,6,9-11H2,1-3H3,(H2,33,39)(H,34,38)(H,35,40)/t12-,13+,16?,18?. The first kappa shape index (κ1) is 29.2. The minimum atomic E-state index is -2.94. The van der Waals surface area contributed by atoms with E-state index in [0.29, 0.717) is 19.2 Å². The average molecular weight is 568 g/mol. The summed E-state index contributed by atoms with van der Waals surface area (Å²) in [6.07, 6.45) is -3.48. The monoisotopic (exact) mass is 567 g/mol. The van der Waals surface area contributed by atoms with Gasteiger partial charge in [0.2, 0.25) is 18.2 Å². The number of piperidine rings is 1. The second-order valence-electron chi connectivity index (χ2n) is 10.4. The largest absolute Gasteiger partial charge is 0.367 e. The summed E-state index contributed by atoms with van der Waals surface area (Å²) in [7, 11) is 1.94. The van der Waals surface area contributed by atoms with Crippen molar-refractivity contribution in [2.75, 3.05) is 36.9 Å². The van der Waals surface area contributed by atoms with Crippen molar-refractivity contribution in [2.24, 2.45) is 17.6 Å². The van der Waals surface area contributed by atoms with Crippen LogP contribution in [0.5, 0.6) is 0 Å². The van der Waals surface area contributed by atoms with Crippen LogP contribution in [-0.4, -0.2) is 67.8 Å². The molecule has 3 amide bonds. The van der Waals surface area contributed by atoms with E-state index < -0.39 is 76.5 Å². The molecule has 216 valence electrons. The molecule has 8 nitrogen and oxygen atoms in total. The highest BCUT2D eigenvalue weighted by atomic mass is 19.3. The van der Waals surface area contributed by atoms with Crippen LogP contribution >= 0.6 is 0 Å². The van der Waals surface area contributed by atoms with E-state index in [1.165, 1.54) is 0 Å². The third-order valence-corrected chi connectivity index (χ3v) is 7.77. The van der Waals surface area contributed by atoms with Crippen LogP contribution in [0.15, 0.2) is 24.3 Å².